The molecule has 0 amide bonds. The van der Waals surface area contributed by atoms with Gasteiger partial charge in [0.2, 0.25) is 0 Å². The molecule has 2 aliphatic heterocycles. The summed E-state index contributed by atoms with van der Waals surface area (Å²) in [6.07, 6.45) is 0. The fourth-order valence-corrected chi connectivity index (χ4v) is 3.57. The third-order valence-corrected chi connectivity index (χ3v) is 5.76. The van der Waals surface area contributed by atoms with Gasteiger partial charge < -0.3 is 14.0 Å². The molecule has 28 heavy (non-hydrogen) atoms. The van der Waals surface area contributed by atoms with Crippen LogP contribution in [-0.2, 0) is 14.0 Å². The molecule has 0 aliphatic carbocycles. The SMILES string of the molecule is CC(C)(C)OC(=O)B1C=C(B2OC(C)(C)C(C)(C)O2)c2ccc(Cl)c(C#N)c21. The second kappa shape index (κ2) is 6.66. The quantitative estimate of drug-likeness (QED) is 0.703. The molecule has 8 heteroatoms. The fraction of sp³-hybridized carbons (Fsp3) is 0.500. The van der Waals surface area contributed by atoms with Crippen molar-refractivity contribution in [1.29, 1.82) is 5.26 Å². The molecule has 0 spiro atoms. The first kappa shape index (κ1) is 21.0. The van der Waals surface area contributed by atoms with Crippen molar-refractivity contribution in [3.8, 4) is 6.07 Å². The van der Waals surface area contributed by atoms with Gasteiger partial charge in [-0.05, 0) is 71.0 Å². The van der Waals surface area contributed by atoms with Crippen molar-refractivity contribution in [3.63, 3.8) is 0 Å². The minimum atomic E-state index is -0.739. The van der Waals surface area contributed by atoms with Gasteiger partial charge in [0.15, 0.2) is 0 Å². The van der Waals surface area contributed by atoms with Crippen LogP contribution >= 0.6 is 11.6 Å². The van der Waals surface area contributed by atoms with Gasteiger partial charge in [-0.3, -0.25) is 4.79 Å². The van der Waals surface area contributed by atoms with E-state index in [1.807, 2.05) is 48.5 Å². The summed E-state index contributed by atoms with van der Waals surface area (Å²) < 4.78 is 18.0. The Bertz CT molecular complexity index is 896. The summed E-state index contributed by atoms with van der Waals surface area (Å²) in [5.41, 5.74) is 0.587. The molecule has 0 saturated carbocycles. The van der Waals surface area contributed by atoms with Crippen molar-refractivity contribution in [1.82, 2.24) is 0 Å². The molecule has 146 valence electrons. The first-order valence-electron chi connectivity index (χ1n) is 9.30. The van der Waals surface area contributed by atoms with Crippen LogP contribution in [0.5, 0.6) is 0 Å². The number of rotatable bonds is 2. The summed E-state index contributed by atoms with van der Waals surface area (Å²) in [5, 5.41) is 9.96. The summed E-state index contributed by atoms with van der Waals surface area (Å²) >= 11 is 6.25. The summed E-state index contributed by atoms with van der Waals surface area (Å²) in [4.78, 5) is 12.9. The molecule has 0 N–H and O–H groups in total. The van der Waals surface area contributed by atoms with Crippen LogP contribution in [0.25, 0.3) is 5.47 Å². The molecule has 2 heterocycles. The number of carbonyl (C=O) groups is 1. The van der Waals surface area contributed by atoms with Gasteiger partial charge in [0.05, 0.1) is 21.8 Å². The predicted molar refractivity (Wildman–Crippen MR) is 112 cm³/mol. The molecule has 0 unspecified atom stereocenters. The molecular formula is C20H24B2ClNO4. The highest BCUT2D eigenvalue weighted by Gasteiger charge is 2.54. The molecule has 1 aromatic rings. The van der Waals surface area contributed by atoms with Crippen molar-refractivity contribution in [2.75, 3.05) is 0 Å². The van der Waals surface area contributed by atoms with Gasteiger partial charge >= 0.3 is 13.8 Å². The molecular weight excluding hydrogens is 375 g/mol. The number of nitrogens with zero attached hydrogens (tertiary/aromatic N) is 1. The second-order valence-corrected chi connectivity index (χ2v) is 9.62. The summed E-state index contributed by atoms with van der Waals surface area (Å²) in [6.45, 7) is 12.6. The Morgan fingerprint density at radius 3 is 2.25 bits per heavy atom. The third-order valence-electron chi connectivity index (χ3n) is 5.44. The summed E-state index contributed by atoms with van der Waals surface area (Å²) in [7, 11) is -0.649. The van der Waals surface area contributed by atoms with Crippen molar-refractivity contribution in [2.24, 2.45) is 0 Å². The Labute approximate surface area is 172 Å². The number of halogens is 1. The van der Waals surface area contributed by atoms with Gasteiger partial charge in [-0.1, -0.05) is 23.6 Å². The molecule has 0 atom stereocenters. The molecule has 0 radical (unpaired) electrons. The smallest absolute Gasteiger partial charge is 0.467 e. The van der Waals surface area contributed by atoms with E-state index in [0.29, 0.717) is 10.5 Å². The lowest BCUT2D eigenvalue weighted by atomic mass is 9.45. The van der Waals surface area contributed by atoms with Crippen LogP contribution < -0.4 is 5.46 Å². The minimum Gasteiger partial charge on any atom is -0.467 e. The van der Waals surface area contributed by atoms with E-state index >= 15 is 0 Å². The van der Waals surface area contributed by atoms with Crippen LogP contribution in [-0.4, -0.2) is 36.5 Å². The van der Waals surface area contributed by atoms with E-state index in [0.717, 1.165) is 11.0 Å². The van der Waals surface area contributed by atoms with Crippen molar-refractivity contribution in [2.45, 2.75) is 65.3 Å². The van der Waals surface area contributed by atoms with Crippen LogP contribution in [0.15, 0.2) is 18.1 Å². The highest BCUT2D eigenvalue weighted by Crippen LogP contribution is 2.42. The Morgan fingerprint density at radius 2 is 1.75 bits per heavy atom. The lowest BCUT2D eigenvalue weighted by molar-refractivity contribution is 0.00578. The van der Waals surface area contributed by atoms with Crippen LogP contribution in [0.3, 0.4) is 0 Å². The van der Waals surface area contributed by atoms with Gasteiger partial charge in [0, 0.05) is 0 Å². The van der Waals surface area contributed by atoms with E-state index in [2.05, 4.69) is 6.07 Å². The first-order chi connectivity index (χ1) is 12.8. The van der Waals surface area contributed by atoms with Crippen molar-refractivity contribution >= 4 is 42.2 Å². The maximum Gasteiger partial charge on any atom is 0.494 e. The third kappa shape index (κ3) is 3.50. The topological polar surface area (TPSA) is 68.6 Å². The molecule has 1 fully saturated rings. The molecule has 5 nitrogen and oxygen atoms in total. The predicted octanol–water partition coefficient (Wildman–Crippen LogP) is 4.00. The number of ether oxygens (including phenoxy) is 1. The molecule has 0 aromatic heterocycles. The van der Waals surface area contributed by atoms with Gasteiger partial charge in [0.1, 0.15) is 11.7 Å². The Balaban J connectivity index is 2.10. The van der Waals surface area contributed by atoms with E-state index in [9.17, 15) is 10.1 Å². The van der Waals surface area contributed by atoms with Gasteiger partial charge in [-0.15, -0.1) is 0 Å². The standard InChI is InChI=1S/C20H24B2ClNO4/c1-18(2,3)26-17(25)21-10-14(22-27-19(4,5)20(6,7)28-22)12-8-9-15(23)13(11-24)16(12)21/h8-10H,1-7H3. The number of fused-ring (bicyclic) bond motifs is 1. The highest BCUT2D eigenvalue weighted by molar-refractivity contribution is 7.06. The number of carbonyl (C=O) groups excluding carboxylic acids is 1. The molecule has 3 rings (SSSR count). The van der Waals surface area contributed by atoms with E-state index in [1.54, 1.807) is 18.1 Å². The average Bonchev–Trinajstić information content (AvgIpc) is 3.00. The number of nitriles is 1. The zero-order chi connectivity index (χ0) is 21.1. The Kier molecular flexibility index (Phi) is 4.99. The van der Waals surface area contributed by atoms with Gasteiger partial charge in [-0.25, -0.2) is 0 Å². The molecule has 2 aliphatic rings. The minimum absolute atomic E-state index is 0.276. The van der Waals surface area contributed by atoms with Crippen LogP contribution in [0.2, 0.25) is 5.02 Å². The number of hydrogen-bond acceptors (Lipinski definition) is 5. The van der Waals surface area contributed by atoms with E-state index in [1.165, 1.54) is 0 Å². The zero-order valence-corrected chi connectivity index (χ0v) is 18.1. The van der Waals surface area contributed by atoms with E-state index < -0.39 is 36.5 Å². The van der Waals surface area contributed by atoms with Crippen molar-refractivity contribution in [3.05, 3.63) is 34.3 Å². The Hall–Kier alpha value is -1.74. The first-order valence-corrected chi connectivity index (χ1v) is 9.68. The average molecular weight is 399 g/mol. The maximum absolute atomic E-state index is 12.9. The van der Waals surface area contributed by atoms with Crippen molar-refractivity contribution < 1.29 is 18.8 Å². The van der Waals surface area contributed by atoms with E-state index in [-0.39, 0.29) is 5.56 Å². The summed E-state index contributed by atoms with van der Waals surface area (Å²) in [6, 6.07) is 5.60. The van der Waals surface area contributed by atoms with Crippen LogP contribution in [0.4, 0.5) is 4.79 Å². The van der Waals surface area contributed by atoms with E-state index in [4.69, 9.17) is 25.6 Å². The Morgan fingerprint density at radius 1 is 1.18 bits per heavy atom. The molecule has 0 bridgehead atoms. The maximum atomic E-state index is 12.9. The lowest BCUT2D eigenvalue weighted by Crippen LogP contribution is -2.41. The largest absolute Gasteiger partial charge is 0.494 e. The lowest BCUT2D eigenvalue weighted by Gasteiger charge is -2.32. The molecule has 1 aromatic carbocycles. The highest BCUT2D eigenvalue weighted by atomic mass is 35.5. The number of hydrogen-bond donors (Lipinski definition) is 0. The monoisotopic (exact) mass is 399 g/mol. The van der Waals surface area contributed by atoms with Gasteiger partial charge in [-0.2, -0.15) is 5.26 Å². The zero-order valence-electron chi connectivity index (χ0n) is 17.3. The normalized spacial score (nSPS) is 19.9. The van der Waals surface area contributed by atoms with Crippen LogP contribution in [0, 0.1) is 11.3 Å². The molecule has 1 saturated heterocycles. The van der Waals surface area contributed by atoms with Crippen LogP contribution in [0.1, 0.15) is 59.6 Å². The summed E-state index contributed by atoms with van der Waals surface area (Å²) in [5.74, 6) is 1.34. The second-order valence-electron chi connectivity index (χ2n) is 9.22. The number of benzene rings is 1. The van der Waals surface area contributed by atoms with Gasteiger partial charge in [0.25, 0.3) is 5.87 Å². The fourth-order valence-electron chi connectivity index (χ4n) is 3.36.